The Bertz CT molecular complexity index is 1060. The highest BCUT2D eigenvalue weighted by Crippen LogP contribution is 2.24. The van der Waals surface area contributed by atoms with E-state index in [0.29, 0.717) is 22.7 Å². The van der Waals surface area contributed by atoms with Crippen molar-refractivity contribution >= 4 is 17.6 Å². The van der Waals surface area contributed by atoms with Crippen LogP contribution in [0, 0.1) is 25.2 Å². The van der Waals surface area contributed by atoms with Gasteiger partial charge in [0.2, 0.25) is 0 Å². The molecule has 1 aromatic carbocycles. The SMILES string of the molecule is Cc1noc(C)c1-c1cnc(C(=O)Nc2ccc(C#N)cc2C(=O)O)cn1. The van der Waals surface area contributed by atoms with E-state index in [0.717, 1.165) is 0 Å². The molecule has 0 atom stereocenters. The molecule has 0 aliphatic rings. The number of nitrogens with one attached hydrogen (secondary N) is 1. The largest absolute Gasteiger partial charge is 0.478 e. The molecule has 9 heteroatoms. The molecule has 2 N–H and O–H groups in total. The van der Waals surface area contributed by atoms with Crippen molar-refractivity contribution < 1.29 is 19.2 Å². The minimum Gasteiger partial charge on any atom is -0.478 e. The lowest BCUT2D eigenvalue weighted by Crippen LogP contribution is -2.16. The molecule has 9 nitrogen and oxygen atoms in total. The van der Waals surface area contributed by atoms with Gasteiger partial charge in [-0.1, -0.05) is 5.16 Å². The molecule has 3 aromatic rings. The van der Waals surface area contributed by atoms with Gasteiger partial charge in [-0.2, -0.15) is 5.26 Å². The third kappa shape index (κ3) is 3.50. The quantitative estimate of drug-likeness (QED) is 0.720. The Morgan fingerprint density at radius 2 is 2.00 bits per heavy atom. The van der Waals surface area contributed by atoms with E-state index in [9.17, 15) is 14.7 Å². The van der Waals surface area contributed by atoms with Gasteiger partial charge in [0.05, 0.1) is 52.2 Å². The maximum atomic E-state index is 12.4. The summed E-state index contributed by atoms with van der Waals surface area (Å²) in [6, 6.07) is 5.80. The summed E-state index contributed by atoms with van der Waals surface area (Å²) in [5.41, 5.74) is 1.91. The Balaban J connectivity index is 1.86. The van der Waals surface area contributed by atoms with E-state index < -0.39 is 11.9 Å². The molecule has 0 spiro atoms. The van der Waals surface area contributed by atoms with Crippen LogP contribution < -0.4 is 5.32 Å². The molecule has 0 unspecified atom stereocenters. The van der Waals surface area contributed by atoms with Crippen molar-refractivity contribution in [2.45, 2.75) is 13.8 Å². The molecule has 0 radical (unpaired) electrons. The number of carboxylic acid groups (broad SMARTS) is 1. The fourth-order valence-corrected chi connectivity index (χ4v) is 2.51. The van der Waals surface area contributed by atoms with Gasteiger partial charge in [-0.05, 0) is 32.0 Å². The molecule has 3 rings (SSSR count). The third-order valence-electron chi connectivity index (χ3n) is 3.80. The summed E-state index contributed by atoms with van der Waals surface area (Å²) in [6.45, 7) is 3.52. The van der Waals surface area contributed by atoms with E-state index in [-0.39, 0.29) is 22.5 Å². The summed E-state index contributed by atoms with van der Waals surface area (Å²) in [6.07, 6.45) is 2.69. The number of carbonyl (C=O) groups is 2. The summed E-state index contributed by atoms with van der Waals surface area (Å²) in [5.74, 6) is -1.30. The number of aromatic carboxylic acids is 1. The smallest absolute Gasteiger partial charge is 0.337 e. The normalized spacial score (nSPS) is 10.3. The predicted octanol–water partition coefficient (Wildman–Crippen LogP) is 2.57. The van der Waals surface area contributed by atoms with Gasteiger partial charge in [-0.25, -0.2) is 9.78 Å². The maximum Gasteiger partial charge on any atom is 0.337 e. The van der Waals surface area contributed by atoms with Crippen molar-refractivity contribution in [3.8, 4) is 17.3 Å². The third-order valence-corrected chi connectivity index (χ3v) is 3.80. The molecule has 0 saturated heterocycles. The second-order valence-electron chi connectivity index (χ2n) is 5.62. The van der Waals surface area contributed by atoms with Gasteiger partial charge >= 0.3 is 5.97 Å². The van der Waals surface area contributed by atoms with E-state index >= 15 is 0 Å². The van der Waals surface area contributed by atoms with Crippen molar-refractivity contribution in [1.82, 2.24) is 15.1 Å². The van der Waals surface area contributed by atoms with Crippen LogP contribution in [0.3, 0.4) is 0 Å². The molecule has 0 bridgehead atoms. The number of carbonyl (C=O) groups excluding carboxylic acids is 1. The van der Waals surface area contributed by atoms with Crippen molar-refractivity contribution in [2.75, 3.05) is 5.32 Å². The predicted molar refractivity (Wildman–Crippen MR) is 93.1 cm³/mol. The van der Waals surface area contributed by atoms with Gasteiger partial charge in [0.1, 0.15) is 11.5 Å². The molecular formula is C18H13N5O4. The second-order valence-corrected chi connectivity index (χ2v) is 5.62. The van der Waals surface area contributed by atoms with Gasteiger partial charge in [0, 0.05) is 0 Å². The number of nitriles is 1. The van der Waals surface area contributed by atoms with Crippen LogP contribution in [0.2, 0.25) is 0 Å². The van der Waals surface area contributed by atoms with Crippen molar-refractivity contribution in [1.29, 1.82) is 5.26 Å². The molecule has 2 heterocycles. The Kier molecular flexibility index (Phi) is 4.64. The molecular weight excluding hydrogens is 350 g/mol. The van der Waals surface area contributed by atoms with Crippen LogP contribution in [0.15, 0.2) is 35.1 Å². The Labute approximate surface area is 153 Å². The lowest BCUT2D eigenvalue weighted by molar-refractivity contribution is 0.0698. The fourth-order valence-electron chi connectivity index (χ4n) is 2.51. The number of benzene rings is 1. The lowest BCUT2D eigenvalue weighted by Gasteiger charge is -2.08. The standard InChI is InChI=1S/C18H13N5O4/c1-9-16(10(2)27-23-9)14-7-21-15(8-20-14)17(24)22-13-4-3-11(6-19)5-12(13)18(25)26/h3-5,7-8H,1-2H3,(H,22,24)(H,25,26). The van der Waals surface area contributed by atoms with Gasteiger partial charge in [0.15, 0.2) is 0 Å². The summed E-state index contributed by atoms with van der Waals surface area (Å²) < 4.78 is 5.09. The summed E-state index contributed by atoms with van der Waals surface area (Å²) in [5, 5.41) is 24.5. The molecule has 27 heavy (non-hydrogen) atoms. The second kappa shape index (κ2) is 7.05. The first-order chi connectivity index (χ1) is 12.9. The molecule has 134 valence electrons. The van der Waals surface area contributed by atoms with E-state index in [1.165, 1.54) is 30.6 Å². The Morgan fingerprint density at radius 1 is 1.22 bits per heavy atom. The highest BCUT2D eigenvalue weighted by Gasteiger charge is 2.17. The van der Waals surface area contributed by atoms with Crippen LogP contribution in [-0.4, -0.2) is 32.1 Å². The lowest BCUT2D eigenvalue weighted by atomic mass is 10.1. The van der Waals surface area contributed by atoms with Gasteiger partial charge in [-0.15, -0.1) is 0 Å². The number of hydrogen-bond donors (Lipinski definition) is 2. The number of aryl methyl sites for hydroxylation is 2. The van der Waals surface area contributed by atoms with Crippen LogP contribution >= 0.6 is 0 Å². The van der Waals surface area contributed by atoms with Crippen molar-refractivity contribution in [3.63, 3.8) is 0 Å². The summed E-state index contributed by atoms with van der Waals surface area (Å²) >= 11 is 0. The highest BCUT2D eigenvalue weighted by molar-refractivity contribution is 6.06. The number of amides is 1. The molecule has 0 saturated carbocycles. The van der Waals surface area contributed by atoms with Crippen LogP contribution in [0.25, 0.3) is 11.3 Å². The maximum absolute atomic E-state index is 12.4. The minimum atomic E-state index is -1.26. The number of aromatic nitrogens is 3. The van der Waals surface area contributed by atoms with E-state index in [2.05, 4.69) is 20.4 Å². The topological polar surface area (TPSA) is 142 Å². The molecule has 2 aromatic heterocycles. The average Bonchev–Trinajstić information content (AvgIpc) is 3.00. The monoisotopic (exact) mass is 363 g/mol. The molecule has 1 amide bonds. The zero-order chi connectivity index (χ0) is 19.6. The highest BCUT2D eigenvalue weighted by atomic mass is 16.5. The average molecular weight is 363 g/mol. The van der Waals surface area contributed by atoms with Crippen LogP contribution in [0.1, 0.15) is 37.9 Å². The number of anilines is 1. The van der Waals surface area contributed by atoms with Gasteiger partial charge in [0.25, 0.3) is 5.91 Å². The zero-order valence-corrected chi connectivity index (χ0v) is 14.3. The van der Waals surface area contributed by atoms with Crippen LogP contribution in [-0.2, 0) is 0 Å². The number of hydrogen-bond acceptors (Lipinski definition) is 7. The van der Waals surface area contributed by atoms with Crippen LogP contribution in [0.4, 0.5) is 5.69 Å². The first kappa shape index (κ1) is 17.8. The Morgan fingerprint density at radius 3 is 2.56 bits per heavy atom. The van der Waals surface area contributed by atoms with Crippen molar-refractivity contribution in [3.05, 3.63) is 58.9 Å². The number of nitrogens with zero attached hydrogens (tertiary/aromatic N) is 4. The van der Waals surface area contributed by atoms with E-state index in [1.807, 2.05) is 6.07 Å². The van der Waals surface area contributed by atoms with Gasteiger partial charge < -0.3 is 14.9 Å². The zero-order valence-electron chi connectivity index (χ0n) is 14.3. The van der Waals surface area contributed by atoms with Crippen LogP contribution in [0.5, 0.6) is 0 Å². The Hall–Kier alpha value is -4.06. The van der Waals surface area contributed by atoms with E-state index in [1.54, 1.807) is 13.8 Å². The molecule has 0 aliphatic heterocycles. The first-order valence-corrected chi connectivity index (χ1v) is 7.74. The first-order valence-electron chi connectivity index (χ1n) is 7.74. The van der Waals surface area contributed by atoms with Crippen molar-refractivity contribution in [2.24, 2.45) is 0 Å². The fraction of sp³-hybridized carbons (Fsp3) is 0.111. The van der Waals surface area contributed by atoms with E-state index in [4.69, 9.17) is 9.78 Å². The molecule has 0 fully saturated rings. The summed E-state index contributed by atoms with van der Waals surface area (Å²) in [7, 11) is 0. The summed E-state index contributed by atoms with van der Waals surface area (Å²) in [4.78, 5) is 32.0. The number of rotatable bonds is 4. The number of carboxylic acids is 1. The minimum absolute atomic E-state index is 0.00575. The molecule has 0 aliphatic carbocycles. The van der Waals surface area contributed by atoms with Gasteiger partial charge in [-0.3, -0.25) is 9.78 Å².